The Bertz CT molecular complexity index is 1250. The van der Waals surface area contributed by atoms with Crippen LogP contribution in [-0.2, 0) is 0 Å². The molecule has 4 aromatic rings. The van der Waals surface area contributed by atoms with E-state index in [0.717, 1.165) is 22.4 Å². The zero-order valence-electron chi connectivity index (χ0n) is 17.0. The Labute approximate surface area is 180 Å². The summed E-state index contributed by atoms with van der Waals surface area (Å²) >= 11 is 6.17. The third-order valence-corrected chi connectivity index (χ3v) is 5.27. The van der Waals surface area contributed by atoms with Gasteiger partial charge in [-0.25, -0.2) is 9.67 Å². The van der Waals surface area contributed by atoms with Crippen LogP contribution in [0.3, 0.4) is 0 Å². The Morgan fingerprint density at radius 2 is 1.73 bits per heavy atom. The van der Waals surface area contributed by atoms with Crippen LogP contribution in [0.15, 0.2) is 66.7 Å². The average Bonchev–Trinajstić information content (AvgIpc) is 3.17. The summed E-state index contributed by atoms with van der Waals surface area (Å²) < 4.78 is 1.71. The molecule has 0 radical (unpaired) electrons. The van der Waals surface area contributed by atoms with Crippen LogP contribution < -0.4 is 5.32 Å². The number of rotatable bonds is 4. The molecule has 30 heavy (non-hydrogen) atoms. The number of nitrogens with zero attached hydrogens (tertiary/aromatic N) is 3. The highest BCUT2D eigenvalue weighted by atomic mass is 35.5. The van der Waals surface area contributed by atoms with E-state index < -0.39 is 5.91 Å². The Kier molecular flexibility index (Phi) is 5.38. The minimum atomic E-state index is -0.417. The van der Waals surface area contributed by atoms with E-state index in [9.17, 15) is 4.79 Å². The molecule has 0 saturated heterocycles. The monoisotopic (exact) mass is 416 g/mol. The number of aryl methyl sites for hydroxylation is 3. The summed E-state index contributed by atoms with van der Waals surface area (Å²) in [5.74, 6) is 0.260. The molecule has 150 valence electrons. The van der Waals surface area contributed by atoms with Crippen LogP contribution in [0.2, 0.25) is 5.02 Å². The van der Waals surface area contributed by atoms with E-state index in [2.05, 4.69) is 22.3 Å². The quantitative estimate of drug-likeness (QED) is 0.459. The van der Waals surface area contributed by atoms with Crippen LogP contribution in [0, 0.1) is 20.8 Å². The third kappa shape index (κ3) is 3.98. The molecular formula is C24H21ClN4O. The number of carbonyl (C=O) groups is 1. The van der Waals surface area contributed by atoms with Crippen molar-refractivity contribution in [3.8, 4) is 17.1 Å². The number of benzene rings is 3. The molecule has 0 fully saturated rings. The minimum Gasteiger partial charge on any atom is -0.318 e. The molecule has 0 atom stereocenters. The van der Waals surface area contributed by atoms with Crippen molar-refractivity contribution in [1.29, 1.82) is 0 Å². The lowest BCUT2D eigenvalue weighted by Crippen LogP contribution is -2.14. The summed E-state index contributed by atoms with van der Waals surface area (Å²) in [5, 5.41) is 7.78. The van der Waals surface area contributed by atoms with Crippen LogP contribution in [0.1, 0.15) is 27.3 Å². The maximum atomic E-state index is 12.9. The Morgan fingerprint density at radius 1 is 0.933 bits per heavy atom. The van der Waals surface area contributed by atoms with Gasteiger partial charge in [0.2, 0.25) is 5.82 Å². The number of amides is 1. The summed E-state index contributed by atoms with van der Waals surface area (Å²) in [4.78, 5) is 17.4. The van der Waals surface area contributed by atoms with Crippen molar-refractivity contribution >= 4 is 23.2 Å². The average molecular weight is 417 g/mol. The fraction of sp³-hybridized carbons (Fsp3) is 0.125. The SMILES string of the molecule is Cc1cccc(-c2nc(C(=O)Nc3ccccc3Cl)nn2-c2ccc(C)c(C)c2)c1. The number of nitrogens with one attached hydrogen (secondary N) is 1. The lowest BCUT2D eigenvalue weighted by atomic mass is 10.1. The highest BCUT2D eigenvalue weighted by Crippen LogP contribution is 2.25. The summed E-state index contributed by atoms with van der Waals surface area (Å²) in [6.07, 6.45) is 0. The molecular weight excluding hydrogens is 396 g/mol. The zero-order chi connectivity index (χ0) is 21.3. The van der Waals surface area contributed by atoms with Gasteiger partial charge in [-0.3, -0.25) is 4.79 Å². The standard InChI is InChI=1S/C24H21ClN4O/c1-15-7-6-8-18(13-15)23-27-22(24(30)26-21-10-5-4-9-20(21)25)28-29(23)19-12-11-16(2)17(3)14-19/h4-14H,1-3H3,(H,26,30). The van der Waals surface area contributed by atoms with Gasteiger partial charge in [-0.1, -0.05) is 53.6 Å². The second-order valence-electron chi connectivity index (χ2n) is 7.24. The molecule has 1 heterocycles. The second kappa shape index (κ2) is 8.13. The molecule has 0 aliphatic heterocycles. The number of aromatic nitrogens is 3. The summed E-state index contributed by atoms with van der Waals surface area (Å²) in [7, 11) is 0. The van der Waals surface area contributed by atoms with E-state index >= 15 is 0 Å². The van der Waals surface area contributed by atoms with Gasteiger partial charge in [-0.2, -0.15) is 0 Å². The summed E-state index contributed by atoms with van der Waals surface area (Å²) in [6, 6.07) is 21.1. The van der Waals surface area contributed by atoms with E-state index in [1.807, 2.05) is 56.3 Å². The predicted octanol–water partition coefficient (Wildman–Crippen LogP) is 5.77. The van der Waals surface area contributed by atoms with E-state index in [-0.39, 0.29) is 5.82 Å². The summed E-state index contributed by atoms with van der Waals surface area (Å²) in [6.45, 7) is 6.13. The highest BCUT2D eigenvalue weighted by molar-refractivity contribution is 6.33. The van der Waals surface area contributed by atoms with Crippen LogP contribution in [0.25, 0.3) is 17.1 Å². The Balaban J connectivity index is 1.80. The lowest BCUT2D eigenvalue weighted by molar-refractivity contribution is 0.101. The maximum Gasteiger partial charge on any atom is 0.295 e. The molecule has 1 aromatic heterocycles. The van der Waals surface area contributed by atoms with E-state index in [4.69, 9.17) is 11.6 Å². The fourth-order valence-corrected chi connectivity index (χ4v) is 3.34. The van der Waals surface area contributed by atoms with Gasteiger partial charge in [0.15, 0.2) is 5.82 Å². The van der Waals surface area contributed by atoms with E-state index in [1.165, 1.54) is 5.56 Å². The van der Waals surface area contributed by atoms with Crippen molar-refractivity contribution in [1.82, 2.24) is 14.8 Å². The first kappa shape index (κ1) is 19.9. The molecule has 0 aliphatic carbocycles. The maximum absolute atomic E-state index is 12.9. The van der Waals surface area contributed by atoms with Crippen LogP contribution >= 0.6 is 11.6 Å². The third-order valence-electron chi connectivity index (χ3n) is 4.94. The minimum absolute atomic E-state index is 0.0738. The normalized spacial score (nSPS) is 10.8. The van der Waals surface area contributed by atoms with Gasteiger partial charge in [0.1, 0.15) is 0 Å². The van der Waals surface area contributed by atoms with Crippen molar-refractivity contribution in [3.63, 3.8) is 0 Å². The zero-order valence-corrected chi connectivity index (χ0v) is 17.7. The van der Waals surface area contributed by atoms with Gasteiger partial charge in [-0.15, -0.1) is 5.10 Å². The number of para-hydroxylation sites is 1. The first-order valence-electron chi connectivity index (χ1n) is 9.60. The molecule has 0 saturated carbocycles. The van der Waals surface area contributed by atoms with Crippen LogP contribution in [0.4, 0.5) is 5.69 Å². The molecule has 1 N–H and O–H groups in total. The summed E-state index contributed by atoms with van der Waals surface area (Å²) in [5.41, 5.74) is 5.68. The molecule has 6 heteroatoms. The van der Waals surface area contributed by atoms with Gasteiger partial charge in [0, 0.05) is 5.56 Å². The Morgan fingerprint density at radius 3 is 2.47 bits per heavy atom. The van der Waals surface area contributed by atoms with Gasteiger partial charge in [-0.05, 0) is 62.2 Å². The van der Waals surface area contributed by atoms with E-state index in [0.29, 0.717) is 16.5 Å². The molecule has 1 amide bonds. The molecule has 4 rings (SSSR count). The van der Waals surface area contributed by atoms with Gasteiger partial charge in [0.05, 0.1) is 16.4 Å². The first-order valence-corrected chi connectivity index (χ1v) is 9.98. The smallest absolute Gasteiger partial charge is 0.295 e. The first-order chi connectivity index (χ1) is 14.4. The van der Waals surface area contributed by atoms with Crippen LogP contribution in [0.5, 0.6) is 0 Å². The number of hydrogen-bond donors (Lipinski definition) is 1. The molecule has 5 nitrogen and oxygen atoms in total. The fourth-order valence-electron chi connectivity index (χ4n) is 3.16. The number of hydrogen-bond acceptors (Lipinski definition) is 3. The van der Waals surface area contributed by atoms with Crippen molar-refractivity contribution in [2.45, 2.75) is 20.8 Å². The van der Waals surface area contributed by atoms with Crippen molar-refractivity contribution in [2.24, 2.45) is 0 Å². The largest absolute Gasteiger partial charge is 0.318 e. The Hall–Kier alpha value is -3.44. The predicted molar refractivity (Wildman–Crippen MR) is 120 cm³/mol. The van der Waals surface area contributed by atoms with Gasteiger partial charge in [0.25, 0.3) is 5.91 Å². The van der Waals surface area contributed by atoms with Gasteiger partial charge < -0.3 is 5.32 Å². The van der Waals surface area contributed by atoms with Gasteiger partial charge >= 0.3 is 0 Å². The van der Waals surface area contributed by atoms with E-state index in [1.54, 1.807) is 28.9 Å². The molecule has 0 bridgehead atoms. The highest BCUT2D eigenvalue weighted by Gasteiger charge is 2.20. The number of carbonyl (C=O) groups excluding carboxylic acids is 1. The molecule has 0 aliphatic rings. The van der Waals surface area contributed by atoms with Crippen molar-refractivity contribution < 1.29 is 4.79 Å². The van der Waals surface area contributed by atoms with Crippen molar-refractivity contribution in [2.75, 3.05) is 5.32 Å². The number of halogens is 1. The number of anilines is 1. The van der Waals surface area contributed by atoms with Crippen LogP contribution in [-0.4, -0.2) is 20.7 Å². The second-order valence-corrected chi connectivity index (χ2v) is 7.65. The molecule has 0 unspecified atom stereocenters. The van der Waals surface area contributed by atoms with Crippen molar-refractivity contribution in [3.05, 3.63) is 94.3 Å². The lowest BCUT2D eigenvalue weighted by Gasteiger charge is -2.09. The molecule has 0 spiro atoms. The molecule has 3 aromatic carbocycles. The topological polar surface area (TPSA) is 59.8 Å².